The third-order valence-corrected chi connectivity index (χ3v) is 5.36. The number of carboxylic acids is 2. The van der Waals surface area contributed by atoms with E-state index in [0.29, 0.717) is 19.3 Å². The van der Waals surface area contributed by atoms with Gasteiger partial charge in [-0.2, -0.15) is 0 Å². The highest BCUT2D eigenvalue weighted by atomic mass is 32.2. The molecule has 0 aliphatic rings. The largest absolute Gasteiger partial charge is 0.481 e. The molecule has 0 saturated heterocycles. The quantitative estimate of drug-likeness (QED) is 0.188. The van der Waals surface area contributed by atoms with Gasteiger partial charge in [-0.3, -0.25) is 9.59 Å². The van der Waals surface area contributed by atoms with Crippen LogP contribution in [-0.2, 0) is 9.59 Å². The van der Waals surface area contributed by atoms with E-state index in [4.69, 9.17) is 15.9 Å². The van der Waals surface area contributed by atoms with E-state index in [0.717, 1.165) is 12.8 Å². The number of aliphatic hydroxyl groups excluding tert-OH is 1. The molecule has 166 valence electrons. The van der Waals surface area contributed by atoms with Gasteiger partial charge >= 0.3 is 11.9 Å². The predicted molar refractivity (Wildman–Crippen MR) is 122 cm³/mol. The van der Waals surface area contributed by atoms with Gasteiger partial charge in [0.25, 0.3) is 0 Å². The van der Waals surface area contributed by atoms with Gasteiger partial charge in [0.15, 0.2) is 0 Å². The maximum atomic E-state index is 10.9. The summed E-state index contributed by atoms with van der Waals surface area (Å²) in [4.78, 5) is 21.5. The summed E-state index contributed by atoms with van der Waals surface area (Å²) in [5, 5.41) is 27.6. The molecule has 0 bridgehead atoms. The minimum atomic E-state index is -1.10. The van der Waals surface area contributed by atoms with Crippen molar-refractivity contribution in [2.75, 3.05) is 5.75 Å². The summed E-state index contributed by atoms with van der Waals surface area (Å²) < 4.78 is 0. The summed E-state index contributed by atoms with van der Waals surface area (Å²) in [6, 6.07) is -1.03. The second-order valence-electron chi connectivity index (χ2n) is 6.65. The van der Waals surface area contributed by atoms with E-state index >= 15 is 0 Å². The number of rotatable bonds is 14. The summed E-state index contributed by atoms with van der Waals surface area (Å²) in [5.41, 5.74) is 5.53. The first-order chi connectivity index (χ1) is 14.4. The van der Waals surface area contributed by atoms with Crippen molar-refractivity contribution < 1.29 is 24.9 Å². The third kappa shape index (κ3) is 16.7. The molecule has 0 fully saturated rings. The lowest BCUT2D eigenvalue weighted by molar-refractivity contribution is -0.138. The summed E-state index contributed by atoms with van der Waals surface area (Å²) in [7, 11) is 0. The average molecular weight is 436 g/mol. The molecule has 0 amide bonds. The smallest absolute Gasteiger partial charge is 0.321 e. The zero-order valence-corrected chi connectivity index (χ0v) is 18.4. The maximum absolute atomic E-state index is 10.9. The number of allylic oxidation sites excluding steroid dienone is 3. The van der Waals surface area contributed by atoms with E-state index in [9.17, 15) is 14.7 Å². The molecule has 7 heteroatoms. The minimum absolute atomic E-state index is 0.0240. The van der Waals surface area contributed by atoms with Crippen LogP contribution in [0.15, 0.2) is 24.3 Å². The maximum Gasteiger partial charge on any atom is 0.321 e. The molecule has 0 aromatic rings. The second-order valence-corrected chi connectivity index (χ2v) is 7.86. The van der Waals surface area contributed by atoms with Crippen molar-refractivity contribution in [1.29, 1.82) is 0 Å². The van der Waals surface area contributed by atoms with Crippen molar-refractivity contribution in [3.63, 3.8) is 0 Å². The van der Waals surface area contributed by atoms with Crippen LogP contribution in [0, 0.1) is 23.7 Å². The molecular formula is C23H33NO5S. The van der Waals surface area contributed by atoms with Crippen LogP contribution < -0.4 is 5.73 Å². The fourth-order valence-electron chi connectivity index (χ4n) is 2.25. The Kier molecular flexibility index (Phi) is 17.4. The molecule has 0 saturated carbocycles. The highest BCUT2D eigenvalue weighted by Gasteiger charge is 2.20. The highest BCUT2D eigenvalue weighted by molar-refractivity contribution is 8.00. The zero-order valence-electron chi connectivity index (χ0n) is 17.5. The van der Waals surface area contributed by atoms with Crippen molar-refractivity contribution >= 4 is 23.7 Å². The predicted octanol–water partition coefficient (Wildman–Crippen LogP) is 3.21. The molecule has 0 spiro atoms. The van der Waals surface area contributed by atoms with E-state index in [2.05, 4.69) is 30.6 Å². The van der Waals surface area contributed by atoms with Crippen molar-refractivity contribution in [1.82, 2.24) is 0 Å². The molecule has 0 unspecified atom stereocenters. The number of hydrogen-bond donors (Lipinski definition) is 4. The SMILES string of the molecule is CCCCCC#CCC#C/C=C/C=C/[C@@H](SC[C@H](N)C(=O)O)[C@@H](O)CCCC(=O)O. The van der Waals surface area contributed by atoms with Crippen LogP contribution in [0.4, 0.5) is 0 Å². The molecule has 3 atom stereocenters. The van der Waals surface area contributed by atoms with Gasteiger partial charge in [-0.25, -0.2) is 0 Å². The monoisotopic (exact) mass is 435 g/mol. The highest BCUT2D eigenvalue weighted by Crippen LogP contribution is 2.21. The number of aliphatic carboxylic acids is 2. The van der Waals surface area contributed by atoms with Crippen molar-refractivity contribution in [3.05, 3.63) is 24.3 Å². The van der Waals surface area contributed by atoms with Gasteiger partial charge in [0.2, 0.25) is 0 Å². The van der Waals surface area contributed by atoms with E-state index < -0.39 is 29.3 Å². The third-order valence-electron chi connectivity index (χ3n) is 3.96. The summed E-state index contributed by atoms with van der Waals surface area (Å²) in [6.45, 7) is 2.16. The first kappa shape index (κ1) is 27.8. The van der Waals surface area contributed by atoms with Crippen molar-refractivity contribution in [2.45, 2.75) is 75.7 Å². The fourth-order valence-corrected chi connectivity index (χ4v) is 3.39. The number of carbonyl (C=O) groups is 2. The number of unbranched alkanes of at least 4 members (excludes halogenated alkanes) is 3. The van der Waals surface area contributed by atoms with Crippen LogP contribution in [0.5, 0.6) is 0 Å². The lowest BCUT2D eigenvalue weighted by atomic mass is 10.1. The van der Waals surface area contributed by atoms with E-state index in [1.54, 1.807) is 24.3 Å². The van der Waals surface area contributed by atoms with Crippen LogP contribution in [0.25, 0.3) is 0 Å². The Labute approximate surface area is 184 Å². The van der Waals surface area contributed by atoms with Crippen molar-refractivity contribution in [3.8, 4) is 23.7 Å². The Morgan fingerprint density at radius 2 is 1.87 bits per heavy atom. The topological polar surface area (TPSA) is 121 Å². The molecule has 0 heterocycles. The number of aliphatic hydroxyl groups is 1. The normalized spacial score (nSPS) is 13.8. The molecule has 0 aliphatic heterocycles. The second kappa shape index (κ2) is 18.8. The Bertz CT molecular complexity index is 681. The standard InChI is InChI=1S/C23H33NO5S/c1-2-3-4-5-6-7-8-9-10-11-12-13-16-21(30-18-19(24)23(28)29)20(25)15-14-17-22(26)27/h11-13,16,19-21,25H,2-5,8,14-15,17-18,24H2,1H3,(H,26,27)(H,28,29)/b12-11+,16-13+/t19-,20-,21+/m0/s1. The van der Waals surface area contributed by atoms with Crippen LogP contribution in [-0.4, -0.2) is 50.4 Å². The molecule has 0 radical (unpaired) electrons. The summed E-state index contributed by atoms with van der Waals surface area (Å²) in [6.07, 6.45) is 11.7. The van der Waals surface area contributed by atoms with Gasteiger partial charge in [0, 0.05) is 23.8 Å². The minimum Gasteiger partial charge on any atom is -0.481 e. The molecule has 0 rings (SSSR count). The van der Waals surface area contributed by atoms with E-state index in [1.807, 2.05) is 0 Å². The number of carboxylic acid groups (broad SMARTS) is 2. The number of hydrogen-bond acceptors (Lipinski definition) is 5. The molecule has 0 aromatic carbocycles. The van der Waals surface area contributed by atoms with Crippen molar-refractivity contribution in [2.24, 2.45) is 5.73 Å². The van der Waals surface area contributed by atoms with Gasteiger partial charge in [-0.15, -0.1) is 17.7 Å². The number of nitrogens with two attached hydrogens (primary N) is 1. The molecule has 0 aliphatic carbocycles. The molecule has 5 N–H and O–H groups in total. The van der Waals surface area contributed by atoms with Gasteiger partial charge in [0.1, 0.15) is 6.04 Å². The van der Waals surface area contributed by atoms with Gasteiger partial charge in [-0.05, 0) is 25.3 Å². The van der Waals surface area contributed by atoms with E-state index in [-0.39, 0.29) is 12.2 Å². The van der Waals surface area contributed by atoms with Gasteiger partial charge in [0.05, 0.1) is 12.5 Å². The average Bonchev–Trinajstić information content (AvgIpc) is 2.70. The molecule has 30 heavy (non-hydrogen) atoms. The van der Waals surface area contributed by atoms with Gasteiger partial charge < -0.3 is 21.1 Å². The number of thioether (sulfide) groups is 1. The Balaban J connectivity index is 4.59. The van der Waals surface area contributed by atoms with Crippen LogP contribution >= 0.6 is 11.8 Å². The Morgan fingerprint density at radius 1 is 1.10 bits per heavy atom. The molecular weight excluding hydrogens is 402 g/mol. The van der Waals surface area contributed by atoms with Gasteiger partial charge in [-0.1, -0.05) is 55.8 Å². The first-order valence-electron chi connectivity index (χ1n) is 10.2. The lowest BCUT2D eigenvalue weighted by Gasteiger charge is -2.20. The van der Waals surface area contributed by atoms with Crippen LogP contribution in [0.2, 0.25) is 0 Å². The lowest BCUT2D eigenvalue weighted by Crippen LogP contribution is -2.34. The fraction of sp³-hybridized carbons (Fsp3) is 0.565. The van der Waals surface area contributed by atoms with Crippen LogP contribution in [0.3, 0.4) is 0 Å². The summed E-state index contributed by atoms with van der Waals surface area (Å²) in [5.74, 6) is 10.1. The first-order valence-corrected chi connectivity index (χ1v) is 11.2. The zero-order chi connectivity index (χ0) is 22.6. The Morgan fingerprint density at radius 3 is 2.53 bits per heavy atom. The molecule has 0 aromatic heterocycles. The summed E-state index contributed by atoms with van der Waals surface area (Å²) >= 11 is 1.23. The Hall–Kier alpha value is -2.19. The van der Waals surface area contributed by atoms with Crippen LogP contribution in [0.1, 0.15) is 58.3 Å². The van der Waals surface area contributed by atoms with E-state index in [1.165, 1.54) is 24.6 Å². The molecule has 6 nitrogen and oxygen atoms in total.